The predicted octanol–water partition coefficient (Wildman–Crippen LogP) is 4.32. The maximum atomic E-state index is 13.9. The zero-order valence-electron chi connectivity index (χ0n) is 19.7. The van der Waals surface area contributed by atoms with Crippen molar-refractivity contribution in [2.24, 2.45) is 0 Å². The number of rotatable bonds is 8. The molecule has 1 fully saturated rings. The number of amides is 1. The predicted molar refractivity (Wildman–Crippen MR) is 133 cm³/mol. The lowest BCUT2D eigenvalue weighted by Gasteiger charge is -2.34. The van der Waals surface area contributed by atoms with Crippen LogP contribution in [0.4, 0.5) is 0 Å². The molecule has 180 valence electrons. The fourth-order valence-electron chi connectivity index (χ4n) is 4.64. The first-order valence-corrected chi connectivity index (χ1v) is 12.2. The van der Waals surface area contributed by atoms with Gasteiger partial charge in [-0.2, -0.15) is 0 Å². The van der Waals surface area contributed by atoms with Gasteiger partial charge in [-0.15, -0.1) is 0 Å². The van der Waals surface area contributed by atoms with Crippen LogP contribution in [0.25, 0.3) is 11.0 Å². The van der Waals surface area contributed by atoms with Gasteiger partial charge in [0.2, 0.25) is 0 Å². The molecule has 0 spiro atoms. The molecule has 0 aliphatic carbocycles. The van der Waals surface area contributed by atoms with Gasteiger partial charge in [-0.3, -0.25) is 4.79 Å². The summed E-state index contributed by atoms with van der Waals surface area (Å²) in [5.74, 6) is -0.181. The van der Waals surface area contributed by atoms with Crippen molar-refractivity contribution in [2.75, 3.05) is 26.7 Å². The van der Waals surface area contributed by atoms with Crippen LogP contribution in [0, 0.1) is 0 Å². The Bertz CT molecular complexity index is 1150. The summed E-state index contributed by atoms with van der Waals surface area (Å²) in [6, 6.07) is 13.3. The molecule has 34 heavy (non-hydrogen) atoms. The number of carbonyl (C=O) groups excluding carboxylic acids is 2. The van der Waals surface area contributed by atoms with Gasteiger partial charge >= 0.3 is 5.97 Å². The number of methoxy groups -OCH3 is 1. The van der Waals surface area contributed by atoms with Crippen molar-refractivity contribution in [2.45, 2.75) is 45.2 Å². The Morgan fingerprint density at radius 1 is 1.18 bits per heavy atom. The summed E-state index contributed by atoms with van der Waals surface area (Å²) in [5.41, 5.74) is 2.72. The van der Waals surface area contributed by atoms with Crippen molar-refractivity contribution >= 4 is 34.5 Å². The number of para-hydroxylation sites is 1. The van der Waals surface area contributed by atoms with E-state index in [0.717, 1.165) is 43.4 Å². The summed E-state index contributed by atoms with van der Waals surface area (Å²) < 4.78 is 6.92. The lowest BCUT2D eigenvalue weighted by atomic mass is 10.0. The molecular weight excluding hydrogens is 452 g/mol. The van der Waals surface area contributed by atoms with E-state index >= 15 is 0 Å². The van der Waals surface area contributed by atoms with Crippen LogP contribution in [-0.2, 0) is 17.7 Å². The number of imidazole rings is 1. The second kappa shape index (κ2) is 11.0. The Balaban J connectivity index is 1.76. The van der Waals surface area contributed by atoms with Crippen molar-refractivity contribution in [1.29, 1.82) is 0 Å². The van der Waals surface area contributed by atoms with E-state index < -0.39 is 5.97 Å². The molecule has 0 bridgehead atoms. The molecule has 0 radical (unpaired) electrons. The summed E-state index contributed by atoms with van der Waals surface area (Å²) in [7, 11) is 1.35. The van der Waals surface area contributed by atoms with Crippen LogP contribution in [0.3, 0.4) is 0 Å². The molecule has 3 aromatic rings. The summed E-state index contributed by atoms with van der Waals surface area (Å²) in [5, 5.41) is 4.06. The Hall–Kier alpha value is -2.90. The van der Waals surface area contributed by atoms with Crippen LogP contribution in [0.2, 0.25) is 5.02 Å². The van der Waals surface area contributed by atoms with Crippen LogP contribution in [-0.4, -0.2) is 59.1 Å². The maximum absolute atomic E-state index is 13.9. The number of nitrogens with zero attached hydrogens (tertiary/aromatic N) is 3. The minimum atomic E-state index is -0.462. The standard InChI is InChI=1S/C26H31ClN4O3/c1-3-16-30(20-11-14-28-15-12-20)25(32)24-29-23-21(26(33)34-2)5-4-6-22(23)31(24)17-13-18-7-9-19(27)10-8-18/h4-10,20,28H,3,11-17H2,1-2H3. The van der Waals surface area contributed by atoms with E-state index in [1.54, 1.807) is 12.1 Å². The number of hydrogen-bond acceptors (Lipinski definition) is 5. The molecule has 1 aliphatic heterocycles. The molecule has 0 atom stereocenters. The molecular formula is C26H31ClN4O3. The van der Waals surface area contributed by atoms with Gasteiger partial charge in [0.1, 0.15) is 5.52 Å². The number of aryl methyl sites for hydroxylation is 2. The highest BCUT2D eigenvalue weighted by Gasteiger charge is 2.30. The number of hydrogen-bond donors (Lipinski definition) is 1. The molecule has 1 aliphatic rings. The van der Waals surface area contributed by atoms with E-state index in [1.807, 2.05) is 39.8 Å². The van der Waals surface area contributed by atoms with Crippen LogP contribution in [0.15, 0.2) is 42.5 Å². The third kappa shape index (κ3) is 5.10. The third-order valence-corrected chi connectivity index (χ3v) is 6.64. The summed E-state index contributed by atoms with van der Waals surface area (Å²) >= 11 is 6.04. The highest BCUT2D eigenvalue weighted by molar-refractivity contribution is 6.30. The van der Waals surface area contributed by atoms with E-state index in [1.165, 1.54) is 7.11 Å². The number of ether oxygens (including phenoxy) is 1. The average molecular weight is 483 g/mol. The van der Waals surface area contributed by atoms with Crippen molar-refractivity contribution in [3.8, 4) is 0 Å². The molecule has 7 nitrogen and oxygen atoms in total. The Labute approximate surface area is 205 Å². The van der Waals surface area contributed by atoms with Gasteiger partial charge in [-0.25, -0.2) is 9.78 Å². The number of fused-ring (bicyclic) bond motifs is 1. The molecule has 4 rings (SSSR count). The number of carbonyl (C=O) groups is 2. The van der Waals surface area contributed by atoms with Crippen LogP contribution in [0.5, 0.6) is 0 Å². The van der Waals surface area contributed by atoms with Crippen LogP contribution in [0.1, 0.15) is 52.7 Å². The van der Waals surface area contributed by atoms with E-state index in [0.29, 0.717) is 41.4 Å². The number of aromatic nitrogens is 2. The topological polar surface area (TPSA) is 76.5 Å². The first kappa shape index (κ1) is 24.2. The van der Waals surface area contributed by atoms with Gasteiger partial charge in [-0.1, -0.05) is 36.7 Å². The third-order valence-electron chi connectivity index (χ3n) is 6.39. The SMILES string of the molecule is CCCN(C(=O)c1nc2c(C(=O)OC)cccc2n1CCc1ccc(Cl)cc1)C1CCNCC1. The molecule has 2 heterocycles. The lowest BCUT2D eigenvalue weighted by molar-refractivity contribution is 0.0598. The molecule has 1 aromatic heterocycles. The van der Waals surface area contributed by atoms with E-state index in [2.05, 4.69) is 12.2 Å². The number of esters is 1. The van der Waals surface area contributed by atoms with E-state index in [-0.39, 0.29) is 11.9 Å². The second-order valence-electron chi connectivity index (χ2n) is 8.61. The van der Waals surface area contributed by atoms with Crippen molar-refractivity contribution in [3.05, 3.63) is 64.4 Å². The number of nitrogens with one attached hydrogen (secondary N) is 1. The monoisotopic (exact) mass is 482 g/mol. The quantitative estimate of drug-likeness (QED) is 0.484. The number of benzene rings is 2. The molecule has 1 N–H and O–H groups in total. The van der Waals surface area contributed by atoms with Crippen LogP contribution >= 0.6 is 11.6 Å². The average Bonchev–Trinajstić information content (AvgIpc) is 3.25. The Kier molecular flexibility index (Phi) is 7.85. The molecule has 0 unspecified atom stereocenters. The van der Waals surface area contributed by atoms with Gasteiger partial charge in [0.25, 0.3) is 5.91 Å². The second-order valence-corrected chi connectivity index (χ2v) is 9.04. The molecule has 1 saturated heterocycles. The van der Waals surface area contributed by atoms with Gasteiger partial charge < -0.3 is 19.5 Å². The Morgan fingerprint density at radius 2 is 1.91 bits per heavy atom. The maximum Gasteiger partial charge on any atom is 0.340 e. The molecule has 0 saturated carbocycles. The lowest BCUT2D eigenvalue weighted by Crippen LogP contribution is -2.47. The van der Waals surface area contributed by atoms with E-state index in [9.17, 15) is 9.59 Å². The first-order chi connectivity index (χ1) is 16.5. The highest BCUT2D eigenvalue weighted by atomic mass is 35.5. The van der Waals surface area contributed by atoms with E-state index in [4.69, 9.17) is 21.3 Å². The van der Waals surface area contributed by atoms with Gasteiger partial charge in [0, 0.05) is 24.2 Å². The fourth-order valence-corrected chi connectivity index (χ4v) is 4.77. The summed E-state index contributed by atoms with van der Waals surface area (Å²) in [6.07, 6.45) is 3.41. The summed E-state index contributed by atoms with van der Waals surface area (Å²) in [6.45, 7) is 5.11. The first-order valence-electron chi connectivity index (χ1n) is 11.9. The minimum absolute atomic E-state index is 0.0862. The van der Waals surface area contributed by atoms with Gasteiger partial charge in [-0.05, 0) is 68.6 Å². The van der Waals surface area contributed by atoms with Crippen molar-refractivity contribution in [3.63, 3.8) is 0 Å². The normalized spacial score (nSPS) is 14.3. The van der Waals surface area contributed by atoms with Crippen molar-refractivity contribution < 1.29 is 14.3 Å². The van der Waals surface area contributed by atoms with Gasteiger partial charge in [0.15, 0.2) is 5.82 Å². The number of piperidine rings is 1. The zero-order chi connectivity index (χ0) is 24.1. The smallest absolute Gasteiger partial charge is 0.340 e. The zero-order valence-corrected chi connectivity index (χ0v) is 20.5. The van der Waals surface area contributed by atoms with Crippen molar-refractivity contribution in [1.82, 2.24) is 19.8 Å². The summed E-state index contributed by atoms with van der Waals surface area (Å²) in [4.78, 5) is 33.1. The number of halogens is 1. The molecule has 2 aromatic carbocycles. The Morgan fingerprint density at radius 3 is 2.59 bits per heavy atom. The largest absolute Gasteiger partial charge is 0.465 e. The van der Waals surface area contributed by atoms with Crippen LogP contribution < -0.4 is 5.32 Å². The van der Waals surface area contributed by atoms with Gasteiger partial charge in [0.05, 0.1) is 18.2 Å². The fraction of sp³-hybridized carbons (Fsp3) is 0.423. The molecule has 1 amide bonds. The minimum Gasteiger partial charge on any atom is -0.465 e. The highest BCUT2D eigenvalue weighted by Crippen LogP contribution is 2.25. The molecule has 8 heteroatoms.